The fraction of sp³-hybridized carbons (Fsp3) is 0.261. The molecule has 1 aromatic heterocycles. The van der Waals surface area contributed by atoms with E-state index < -0.39 is 11.6 Å². The van der Waals surface area contributed by atoms with E-state index in [0.717, 1.165) is 30.1 Å². The van der Waals surface area contributed by atoms with Gasteiger partial charge in [-0.25, -0.2) is 18.7 Å². The van der Waals surface area contributed by atoms with Gasteiger partial charge in [0.05, 0.1) is 27.8 Å². The van der Waals surface area contributed by atoms with Crippen molar-refractivity contribution in [2.45, 2.75) is 11.8 Å². The molecule has 0 saturated carbocycles. The SMILES string of the molecule is CC(=N)c1c(N)nc(-c2ccc(NSc3cc(F)ccc3F)c(Cl)c2)nc1NCCN(C)CCO. The minimum atomic E-state index is -0.551. The maximum atomic E-state index is 13.9. The first-order chi connectivity index (χ1) is 16.7. The van der Waals surface area contributed by atoms with Crippen LogP contribution in [0.5, 0.6) is 0 Å². The smallest absolute Gasteiger partial charge is 0.163 e. The number of aliphatic hydroxyl groups excluding tert-OH is 1. The molecule has 2 aromatic carbocycles. The predicted molar refractivity (Wildman–Crippen MR) is 138 cm³/mol. The molecule has 35 heavy (non-hydrogen) atoms. The van der Waals surface area contributed by atoms with E-state index in [1.807, 2.05) is 11.9 Å². The molecule has 0 unspecified atom stereocenters. The average Bonchev–Trinajstić information content (AvgIpc) is 2.80. The lowest BCUT2D eigenvalue weighted by molar-refractivity contribution is 0.225. The van der Waals surface area contributed by atoms with Crippen LogP contribution < -0.4 is 15.8 Å². The average molecular weight is 522 g/mol. The molecule has 0 aliphatic heterocycles. The molecule has 0 aliphatic rings. The zero-order valence-electron chi connectivity index (χ0n) is 19.2. The van der Waals surface area contributed by atoms with Gasteiger partial charge >= 0.3 is 0 Å². The Morgan fingerprint density at radius 2 is 1.97 bits per heavy atom. The number of nitrogens with zero attached hydrogens (tertiary/aromatic N) is 3. The van der Waals surface area contributed by atoms with Crippen molar-refractivity contribution >= 4 is 46.6 Å². The Hall–Kier alpha value is -2.99. The standard InChI is InChI=1S/C23H26ClF2N7OS/c1-13(27)20-21(28)30-22(31-23(20)29-7-8-33(2)9-10-34)14-3-6-18(16(24)11-14)32-35-19-12-15(25)4-5-17(19)26/h3-6,11-12,27,32,34H,7-10H2,1-2H3,(H3,28,29,30,31). The fourth-order valence-electron chi connectivity index (χ4n) is 3.15. The first kappa shape index (κ1) is 26.6. The van der Waals surface area contributed by atoms with Gasteiger partial charge in [-0.3, -0.25) is 0 Å². The summed E-state index contributed by atoms with van der Waals surface area (Å²) in [6, 6.07) is 8.23. The van der Waals surface area contributed by atoms with Crippen molar-refractivity contribution in [1.29, 1.82) is 5.41 Å². The number of hydrogen-bond donors (Lipinski definition) is 5. The molecule has 1 heterocycles. The van der Waals surface area contributed by atoms with Crippen molar-refractivity contribution < 1.29 is 13.9 Å². The van der Waals surface area contributed by atoms with E-state index in [4.69, 9.17) is 27.9 Å². The normalized spacial score (nSPS) is 11.1. The molecular formula is C23H26ClF2N7OS. The Morgan fingerprint density at radius 3 is 2.66 bits per heavy atom. The third-order valence-corrected chi connectivity index (χ3v) is 6.14. The molecule has 0 spiro atoms. The number of halogens is 3. The summed E-state index contributed by atoms with van der Waals surface area (Å²) in [6.07, 6.45) is 0. The number of benzene rings is 2. The Bertz CT molecular complexity index is 1210. The van der Waals surface area contributed by atoms with Crippen molar-refractivity contribution in [3.05, 3.63) is 58.6 Å². The molecule has 0 bridgehead atoms. The number of likely N-dealkylation sites (N-methyl/N-ethyl adjacent to an activating group) is 1. The Labute approximate surface area is 211 Å². The summed E-state index contributed by atoms with van der Waals surface area (Å²) in [7, 11) is 1.89. The van der Waals surface area contributed by atoms with Crippen molar-refractivity contribution in [3.8, 4) is 11.4 Å². The number of nitrogen functional groups attached to an aromatic ring is 1. The highest BCUT2D eigenvalue weighted by molar-refractivity contribution is 8.00. The van der Waals surface area contributed by atoms with Gasteiger partial charge in [0, 0.05) is 30.9 Å². The largest absolute Gasteiger partial charge is 0.395 e. The summed E-state index contributed by atoms with van der Waals surface area (Å²) < 4.78 is 30.2. The van der Waals surface area contributed by atoms with Gasteiger partial charge in [-0.2, -0.15) is 0 Å². The third-order valence-electron chi connectivity index (χ3n) is 4.97. The molecule has 8 nitrogen and oxygen atoms in total. The molecule has 3 rings (SSSR count). The third kappa shape index (κ3) is 7.01. The lowest BCUT2D eigenvalue weighted by Crippen LogP contribution is -2.28. The van der Waals surface area contributed by atoms with Gasteiger partial charge in [0.15, 0.2) is 5.82 Å². The highest BCUT2D eigenvalue weighted by Crippen LogP contribution is 2.33. The molecular weight excluding hydrogens is 496 g/mol. The van der Waals surface area contributed by atoms with Gasteiger partial charge in [0.2, 0.25) is 0 Å². The van der Waals surface area contributed by atoms with Crippen LogP contribution in [-0.4, -0.2) is 59.0 Å². The zero-order chi connectivity index (χ0) is 25.5. The molecule has 3 aromatic rings. The van der Waals surface area contributed by atoms with E-state index in [2.05, 4.69) is 20.0 Å². The van der Waals surface area contributed by atoms with Crippen molar-refractivity contribution in [2.75, 3.05) is 49.1 Å². The lowest BCUT2D eigenvalue weighted by atomic mass is 10.1. The minimum absolute atomic E-state index is 0.0628. The highest BCUT2D eigenvalue weighted by Gasteiger charge is 2.16. The summed E-state index contributed by atoms with van der Waals surface area (Å²) in [4.78, 5) is 11.0. The van der Waals surface area contributed by atoms with Gasteiger partial charge in [-0.15, -0.1) is 0 Å². The molecule has 0 radical (unpaired) electrons. The highest BCUT2D eigenvalue weighted by atomic mass is 35.5. The molecule has 0 aliphatic carbocycles. The maximum absolute atomic E-state index is 13.9. The summed E-state index contributed by atoms with van der Waals surface area (Å²) in [5.74, 6) is -0.197. The monoisotopic (exact) mass is 521 g/mol. The van der Waals surface area contributed by atoms with Crippen LogP contribution in [-0.2, 0) is 0 Å². The fourth-order valence-corrected chi connectivity index (χ4v) is 4.17. The number of anilines is 3. The van der Waals surface area contributed by atoms with Crippen LogP contribution in [0.15, 0.2) is 41.3 Å². The topological polar surface area (TPSA) is 123 Å². The molecule has 0 amide bonds. The Kier molecular flexibility index (Phi) is 9.21. The first-order valence-corrected chi connectivity index (χ1v) is 11.8. The summed E-state index contributed by atoms with van der Waals surface area (Å²) in [5, 5.41) is 20.6. The van der Waals surface area contributed by atoms with E-state index in [0.29, 0.717) is 53.1 Å². The number of nitrogens with two attached hydrogens (primary N) is 1. The molecule has 186 valence electrons. The summed E-state index contributed by atoms with van der Waals surface area (Å²) in [5.41, 5.74) is 7.87. The van der Waals surface area contributed by atoms with Gasteiger partial charge in [-0.1, -0.05) is 11.6 Å². The summed E-state index contributed by atoms with van der Waals surface area (Å²) >= 11 is 7.32. The number of rotatable bonds is 11. The second-order valence-corrected chi connectivity index (χ2v) is 8.96. The van der Waals surface area contributed by atoms with Crippen molar-refractivity contribution in [3.63, 3.8) is 0 Å². The van der Waals surface area contributed by atoms with E-state index in [1.54, 1.807) is 25.1 Å². The van der Waals surface area contributed by atoms with E-state index in [1.165, 1.54) is 0 Å². The van der Waals surface area contributed by atoms with Crippen LogP contribution in [0.2, 0.25) is 5.02 Å². The van der Waals surface area contributed by atoms with Gasteiger partial charge < -0.3 is 31.2 Å². The molecule has 0 atom stereocenters. The molecule has 0 saturated heterocycles. The van der Waals surface area contributed by atoms with Gasteiger partial charge in [-0.05, 0) is 62.3 Å². The van der Waals surface area contributed by atoms with Crippen LogP contribution in [0.25, 0.3) is 11.4 Å². The first-order valence-electron chi connectivity index (χ1n) is 10.6. The van der Waals surface area contributed by atoms with Crippen LogP contribution in [0.1, 0.15) is 12.5 Å². The van der Waals surface area contributed by atoms with Crippen molar-refractivity contribution in [2.24, 2.45) is 0 Å². The Morgan fingerprint density at radius 1 is 1.20 bits per heavy atom. The van der Waals surface area contributed by atoms with Gasteiger partial charge in [0.1, 0.15) is 23.3 Å². The van der Waals surface area contributed by atoms with E-state index in [9.17, 15) is 8.78 Å². The predicted octanol–water partition coefficient (Wildman–Crippen LogP) is 4.50. The van der Waals surface area contributed by atoms with E-state index >= 15 is 0 Å². The molecule has 12 heteroatoms. The second-order valence-electron chi connectivity index (χ2n) is 7.71. The van der Waals surface area contributed by atoms with Gasteiger partial charge in [0.25, 0.3) is 0 Å². The molecule has 0 fully saturated rings. The molecule has 6 N–H and O–H groups in total. The quantitative estimate of drug-likeness (QED) is 0.185. The lowest BCUT2D eigenvalue weighted by Gasteiger charge is -2.18. The number of hydrogen-bond acceptors (Lipinski definition) is 9. The Balaban J connectivity index is 1.81. The van der Waals surface area contributed by atoms with E-state index in [-0.39, 0.29) is 23.0 Å². The zero-order valence-corrected chi connectivity index (χ0v) is 20.8. The van der Waals surface area contributed by atoms with Crippen LogP contribution in [0, 0.1) is 17.0 Å². The number of nitrogens with one attached hydrogen (secondary N) is 3. The number of aliphatic hydroxyl groups is 1. The van der Waals surface area contributed by atoms with Crippen LogP contribution in [0.3, 0.4) is 0 Å². The second kappa shape index (κ2) is 12.1. The van der Waals surface area contributed by atoms with Crippen molar-refractivity contribution in [1.82, 2.24) is 14.9 Å². The summed E-state index contributed by atoms with van der Waals surface area (Å²) in [6.45, 7) is 3.37. The van der Waals surface area contributed by atoms with Crippen LogP contribution >= 0.6 is 23.5 Å². The number of aromatic nitrogens is 2. The van der Waals surface area contributed by atoms with Crippen LogP contribution in [0.4, 0.5) is 26.1 Å². The minimum Gasteiger partial charge on any atom is -0.395 e. The maximum Gasteiger partial charge on any atom is 0.163 e.